The number of carbonyl (C=O) groups excluding carboxylic acids is 2. The number of nitrogens with zero attached hydrogens (tertiary/aromatic N) is 1. The number of thioether (sulfide) groups is 1. The van der Waals surface area contributed by atoms with Gasteiger partial charge >= 0.3 is 0 Å². The molecule has 0 fully saturated rings. The second-order valence-electron chi connectivity index (χ2n) is 6.57. The molecule has 0 spiro atoms. The van der Waals surface area contributed by atoms with E-state index in [2.05, 4.69) is 15.6 Å². The molecule has 29 heavy (non-hydrogen) atoms. The van der Waals surface area contributed by atoms with Crippen LogP contribution in [0.2, 0.25) is 0 Å². The molecule has 3 aromatic rings. The number of hydrogen-bond donors (Lipinski definition) is 2. The molecule has 7 heteroatoms. The topological polar surface area (TPSA) is 71.1 Å². The van der Waals surface area contributed by atoms with Crippen LogP contribution in [0.25, 0.3) is 11.3 Å². The van der Waals surface area contributed by atoms with E-state index in [-0.39, 0.29) is 11.8 Å². The molecule has 1 unspecified atom stereocenters. The van der Waals surface area contributed by atoms with Crippen molar-refractivity contribution in [2.45, 2.75) is 19.4 Å². The average Bonchev–Trinajstić information content (AvgIpc) is 3.20. The van der Waals surface area contributed by atoms with Crippen LogP contribution < -0.4 is 10.6 Å². The Kier molecular flexibility index (Phi) is 7.43. The number of anilines is 1. The first-order chi connectivity index (χ1) is 14.1. The van der Waals surface area contributed by atoms with Crippen molar-refractivity contribution in [3.05, 3.63) is 71.1 Å². The summed E-state index contributed by atoms with van der Waals surface area (Å²) in [5.74, 6) is 0.249. The summed E-state index contributed by atoms with van der Waals surface area (Å²) in [5.41, 5.74) is 3.54. The van der Waals surface area contributed by atoms with E-state index in [9.17, 15) is 9.59 Å². The maximum atomic E-state index is 12.8. The van der Waals surface area contributed by atoms with Gasteiger partial charge in [0.05, 0.1) is 5.69 Å². The van der Waals surface area contributed by atoms with Gasteiger partial charge < -0.3 is 10.6 Å². The first kappa shape index (κ1) is 21.1. The van der Waals surface area contributed by atoms with Gasteiger partial charge in [-0.05, 0) is 37.5 Å². The number of rotatable bonds is 8. The molecular weight excluding hydrogens is 402 g/mol. The Morgan fingerprint density at radius 3 is 2.52 bits per heavy atom. The van der Waals surface area contributed by atoms with Gasteiger partial charge in [-0.3, -0.25) is 9.59 Å². The summed E-state index contributed by atoms with van der Waals surface area (Å²) in [5, 5.41) is 8.14. The Labute approximate surface area is 179 Å². The molecule has 0 radical (unpaired) electrons. The number of benzene rings is 2. The number of hydrogen-bond acceptors (Lipinski definition) is 5. The molecule has 0 bridgehead atoms. The molecule has 0 aliphatic carbocycles. The highest BCUT2D eigenvalue weighted by Gasteiger charge is 2.22. The van der Waals surface area contributed by atoms with Gasteiger partial charge in [0.15, 0.2) is 5.13 Å². The molecule has 150 valence electrons. The normalized spacial score (nSPS) is 11.7. The molecule has 0 saturated carbocycles. The van der Waals surface area contributed by atoms with Gasteiger partial charge in [0.1, 0.15) is 6.04 Å². The summed E-state index contributed by atoms with van der Waals surface area (Å²) >= 11 is 3.01. The minimum absolute atomic E-state index is 0.256. The second kappa shape index (κ2) is 10.2. The van der Waals surface area contributed by atoms with Crippen LogP contribution in [0.5, 0.6) is 0 Å². The number of aromatic nitrogens is 1. The minimum Gasteiger partial charge on any atom is -0.340 e. The zero-order valence-corrected chi connectivity index (χ0v) is 18.0. The lowest BCUT2D eigenvalue weighted by Crippen LogP contribution is -2.44. The smallest absolute Gasteiger partial charge is 0.251 e. The van der Waals surface area contributed by atoms with Crippen molar-refractivity contribution < 1.29 is 9.59 Å². The summed E-state index contributed by atoms with van der Waals surface area (Å²) in [7, 11) is 0. The van der Waals surface area contributed by atoms with E-state index in [4.69, 9.17) is 0 Å². The Bertz CT molecular complexity index is 956. The van der Waals surface area contributed by atoms with Crippen LogP contribution in [0, 0.1) is 6.92 Å². The molecular formula is C22H23N3O2S2. The van der Waals surface area contributed by atoms with Crippen LogP contribution in [-0.2, 0) is 4.79 Å². The van der Waals surface area contributed by atoms with Crippen molar-refractivity contribution in [3.63, 3.8) is 0 Å². The minimum atomic E-state index is -0.623. The third-order valence-electron chi connectivity index (χ3n) is 4.35. The number of nitrogens with one attached hydrogen (secondary N) is 2. The fourth-order valence-corrected chi connectivity index (χ4v) is 3.91. The lowest BCUT2D eigenvalue weighted by atomic mass is 10.1. The standard InChI is InChI=1S/C22H23N3O2S2/c1-15-8-10-16(11-9-15)19-14-29-22(24-19)25-21(27)18(12-13-28-2)23-20(26)17-6-4-3-5-7-17/h3-11,14,18H,12-13H2,1-2H3,(H,23,26)(H,24,25,27). The molecule has 0 aliphatic rings. The van der Waals surface area contributed by atoms with Crippen LogP contribution in [0.4, 0.5) is 5.13 Å². The molecule has 2 amide bonds. The first-order valence-electron chi connectivity index (χ1n) is 9.25. The summed E-state index contributed by atoms with van der Waals surface area (Å²) in [6.45, 7) is 2.04. The number of thiazole rings is 1. The molecule has 1 heterocycles. The zero-order chi connectivity index (χ0) is 20.6. The Morgan fingerprint density at radius 2 is 1.83 bits per heavy atom. The van der Waals surface area contributed by atoms with Gasteiger partial charge in [-0.2, -0.15) is 11.8 Å². The molecule has 5 nitrogen and oxygen atoms in total. The zero-order valence-electron chi connectivity index (χ0n) is 16.3. The second-order valence-corrected chi connectivity index (χ2v) is 8.41. The average molecular weight is 426 g/mol. The molecule has 1 aromatic heterocycles. The van der Waals surface area contributed by atoms with Gasteiger partial charge in [0, 0.05) is 16.5 Å². The van der Waals surface area contributed by atoms with E-state index in [1.807, 2.05) is 48.9 Å². The maximum Gasteiger partial charge on any atom is 0.251 e. The number of amides is 2. The van der Waals surface area contributed by atoms with E-state index in [0.29, 0.717) is 17.1 Å². The van der Waals surface area contributed by atoms with Gasteiger partial charge in [0.2, 0.25) is 5.91 Å². The molecule has 0 saturated heterocycles. The predicted molar refractivity (Wildman–Crippen MR) is 122 cm³/mol. The molecule has 2 N–H and O–H groups in total. The van der Waals surface area contributed by atoms with Crippen molar-refractivity contribution in [2.24, 2.45) is 0 Å². The predicted octanol–water partition coefficient (Wildman–Crippen LogP) is 4.61. The Morgan fingerprint density at radius 1 is 1.10 bits per heavy atom. The largest absolute Gasteiger partial charge is 0.340 e. The van der Waals surface area contributed by atoms with Crippen LogP contribution in [0.15, 0.2) is 60.0 Å². The van der Waals surface area contributed by atoms with Crippen molar-refractivity contribution in [3.8, 4) is 11.3 Å². The van der Waals surface area contributed by atoms with E-state index in [1.165, 1.54) is 16.9 Å². The van der Waals surface area contributed by atoms with Crippen molar-refractivity contribution in [1.29, 1.82) is 0 Å². The monoisotopic (exact) mass is 425 g/mol. The van der Waals surface area contributed by atoms with Crippen LogP contribution >= 0.6 is 23.1 Å². The fourth-order valence-electron chi connectivity index (χ4n) is 2.72. The Hall–Kier alpha value is -2.64. The highest BCUT2D eigenvalue weighted by Crippen LogP contribution is 2.25. The lowest BCUT2D eigenvalue weighted by molar-refractivity contribution is -0.118. The quantitative estimate of drug-likeness (QED) is 0.553. The molecule has 2 aromatic carbocycles. The highest BCUT2D eigenvalue weighted by atomic mass is 32.2. The first-order valence-corrected chi connectivity index (χ1v) is 11.5. The van der Waals surface area contributed by atoms with E-state index in [0.717, 1.165) is 17.0 Å². The lowest BCUT2D eigenvalue weighted by Gasteiger charge is -2.17. The summed E-state index contributed by atoms with van der Waals surface area (Å²) in [6, 6.07) is 16.4. The van der Waals surface area contributed by atoms with Crippen LogP contribution in [0.3, 0.4) is 0 Å². The molecule has 3 rings (SSSR count). The maximum absolute atomic E-state index is 12.8. The van der Waals surface area contributed by atoms with Gasteiger partial charge in [-0.1, -0.05) is 48.0 Å². The third-order valence-corrected chi connectivity index (χ3v) is 5.75. The van der Waals surface area contributed by atoms with Gasteiger partial charge in [-0.15, -0.1) is 11.3 Å². The summed E-state index contributed by atoms with van der Waals surface area (Å²) < 4.78 is 0. The number of aryl methyl sites for hydroxylation is 1. The SMILES string of the molecule is CSCCC(NC(=O)c1ccccc1)C(=O)Nc1nc(-c2ccc(C)cc2)cs1. The number of carbonyl (C=O) groups is 2. The van der Waals surface area contributed by atoms with Crippen molar-refractivity contribution >= 4 is 40.0 Å². The Balaban J connectivity index is 1.68. The molecule has 1 atom stereocenters. The van der Waals surface area contributed by atoms with Crippen LogP contribution in [0.1, 0.15) is 22.3 Å². The summed E-state index contributed by atoms with van der Waals surface area (Å²) in [4.78, 5) is 29.8. The summed E-state index contributed by atoms with van der Waals surface area (Å²) in [6.07, 6.45) is 2.52. The van der Waals surface area contributed by atoms with E-state index >= 15 is 0 Å². The fraction of sp³-hybridized carbons (Fsp3) is 0.227. The van der Waals surface area contributed by atoms with E-state index in [1.54, 1.807) is 36.0 Å². The highest BCUT2D eigenvalue weighted by molar-refractivity contribution is 7.98. The molecule has 0 aliphatic heterocycles. The van der Waals surface area contributed by atoms with Crippen molar-refractivity contribution in [2.75, 3.05) is 17.3 Å². The van der Waals surface area contributed by atoms with Gasteiger partial charge in [0.25, 0.3) is 5.91 Å². The van der Waals surface area contributed by atoms with Crippen molar-refractivity contribution in [1.82, 2.24) is 10.3 Å². The van der Waals surface area contributed by atoms with E-state index < -0.39 is 6.04 Å². The van der Waals surface area contributed by atoms with Gasteiger partial charge in [-0.25, -0.2) is 4.98 Å². The van der Waals surface area contributed by atoms with Crippen LogP contribution in [-0.4, -0.2) is 34.8 Å². The third kappa shape index (κ3) is 5.92.